The fraction of sp³-hybridized carbons (Fsp3) is 0.455. The van der Waals surface area contributed by atoms with Gasteiger partial charge in [0, 0.05) is 37.6 Å². The molecule has 4 heterocycles. The summed E-state index contributed by atoms with van der Waals surface area (Å²) in [4.78, 5) is 14.0. The predicted octanol–water partition coefficient (Wildman–Crippen LogP) is 3.61. The van der Waals surface area contributed by atoms with E-state index in [1.54, 1.807) is 25.6 Å². The van der Waals surface area contributed by atoms with Gasteiger partial charge in [-0.05, 0) is 25.0 Å². The number of ether oxygens (including phenoxy) is 1. The van der Waals surface area contributed by atoms with E-state index in [4.69, 9.17) is 16.3 Å². The second-order valence-electron chi connectivity index (χ2n) is 8.40. The highest BCUT2D eigenvalue weighted by Gasteiger charge is 2.38. The molecule has 0 amide bonds. The van der Waals surface area contributed by atoms with Crippen LogP contribution in [0.2, 0.25) is 5.02 Å². The van der Waals surface area contributed by atoms with Gasteiger partial charge in [-0.3, -0.25) is 0 Å². The number of H-pyrrole nitrogens is 1. The first-order valence-electron chi connectivity index (χ1n) is 10.3. The van der Waals surface area contributed by atoms with Crippen LogP contribution in [0.4, 0.5) is 10.2 Å². The summed E-state index contributed by atoms with van der Waals surface area (Å²) in [7, 11) is 1.56. The van der Waals surface area contributed by atoms with Crippen LogP contribution < -0.4 is 15.0 Å². The number of nitrogens with one attached hydrogen (secondary N) is 2. The van der Waals surface area contributed by atoms with E-state index in [2.05, 4.69) is 20.3 Å². The van der Waals surface area contributed by atoms with E-state index in [-0.39, 0.29) is 22.7 Å². The van der Waals surface area contributed by atoms with Gasteiger partial charge in [0.25, 0.3) is 0 Å². The molecule has 4 rings (SSSR count). The van der Waals surface area contributed by atoms with Crippen LogP contribution in [-0.2, 0) is 0 Å². The predicted molar refractivity (Wildman–Crippen MR) is 120 cm³/mol. The Morgan fingerprint density at radius 2 is 2.19 bits per heavy atom. The normalized spacial score (nSPS) is 19.1. The lowest BCUT2D eigenvalue weighted by atomic mass is 9.84. The number of hydrogen-bond acceptors (Lipinski definition) is 6. The minimum Gasteiger partial charge on any atom is -0.496 e. The van der Waals surface area contributed by atoms with Crippen molar-refractivity contribution in [1.82, 2.24) is 20.3 Å². The van der Waals surface area contributed by atoms with Crippen molar-refractivity contribution in [3.63, 3.8) is 0 Å². The summed E-state index contributed by atoms with van der Waals surface area (Å²) in [6.45, 7) is 7.60. The van der Waals surface area contributed by atoms with Gasteiger partial charge in [0.2, 0.25) is 0 Å². The summed E-state index contributed by atoms with van der Waals surface area (Å²) in [5.74, 6) is 0.597. The second-order valence-corrected chi connectivity index (χ2v) is 8.80. The van der Waals surface area contributed by atoms with Crippen molar-refractivity contribution in [3.05, 3.63) is 35.4 Å². The Hall–Kier alpha value is -2.42. The maximum atomic E-state index is 15.0. The minimum absolute atomic E-state index is 0.0587. The van der Waals surface area contributed by atoms with Crippen molar-refractivity contribution in [3.8, 4) is 17.0 Å². The number of nitrogens with zero attached hydrogens (tertiary/aromatic N) is 3. The largest absolute Gasteiger partial charge is 0.496 e. The number of hydrogen-bond donors (Lipinski definition) is 3. The van der Waals surface area contributed by atoms with Crippen LogP contribution in [0.5, 0.6) is 5.75 Å². The molecule has 0 unspecified atom stereocenters. The number of piperazine rings is 1. The van der Waals surface area contributed by atoms with Crippen LogP contribution in [0.3, 0.4) is 0 Å². The molecule has 3 aromatic heterocycles. The third-order valence-corrected chi connectivity index (χ3v) is 6.55. The van der Waals surface area contributed by atoms with Gasteiger partial charge < -0.3 is 25.0 Å². The van der Waals surface area contributed by atoms with Crippen LogP contribution in [0, 0.1) is 11.7 Å². The smallest absolute Gasteiger partial charge is 0.151 e. The number of aromatic amines is 1. The lowest BCUT2D eigenvalue weighted by molar-refractivity contribution is -0.0231. The summed E-state index contributed by atoms with van der Waals surface area (Å²) < 4.78 is 20.5. The molecule has 1 saturated heterocycles. The zero-order chi connectivity index (χ0) is 22.3. The Morgan fingerprint density at radius 3 is 2.90 bits per heavy atom. The number of methoxy groups -OCH3 is 1. The number of pyridine rings is 2. The van der Waals surface area contributed by atoms with Gasteiger partial charge in [0.15, 0.2) is 5.82 Å². The quantitative estimate of drug-likeness (QED) is 0.554. The molecule has 0 bridgehead atoms. The average molecular weight is 448 g/mol. The molecular weight excluding hydrogens is 421 g/mol. The molecule has 3 N–H and O–H groups in total. The molecule has 0 saturated carbocycles. The molecule has 0 radical (unpaired) electrons. The molecule has 0 aromatic carbocycles. The molecule has 31 heavy (non-hydrogen) atoms. The van der Waals surface area contributed by atoms with Crippen molar-refractivity contribution in [2.75, 3.05) is 31.6 Å². The van der Waals surface area contributed by atoms with Crippen LogP contribution in [-0.4, -0.2) is 58.4 Å². The zero-order valence-electron chi connectivity index (χ0n) is 18.0. The lowest BCUT2D eigenvalue weighted by Crippen LogP contribution is -2.62. The van der Waals surface area contributed by atoms with Gasteiger partial charge >= 0.3 is 0 Å². The maximum absolute atomic E-state index is 15.0. The Labute approximate surface area is 185 Å². The molecule has 2 atom stereocenters. The van der Waals surface area contributed by atoms with Crippen molar-refractivity contribution in [1.29, 1.82) is 0 Å². The van der Waals surface area contributed by atoms with Crippen LogP contribution in [0.25, 0.3) is 22.3 Å². The zero-order valence-corrected chi connectivity index (χ0v) is 18.8. The molecule has 9 heteroatoms. The van der Waals surface area contributed by atoms with Crippen molar-refractivity contribution < 1.29 is 14.2 Å². The molecule has 3 aromatic rings. The fourth-order valence-electron chi connectivity index (χ4n) is 3.99. The lowest BCUT2D eigenvalue weighted by Gasteiger charge is -2.43. The number of rotatable bonds is 5. The van der Waals surface area contributed by atoms with Crippen molar-refractivity contribution in [2.24, 2.45) is 5.92 Å². The molecule has 7 nitrogen and oxygen atoms in total. The van der Waals surface area contributed by atoms with E-state index in [9.17, 15) is 5.11 Å². The molecule has 1 aliphatic rings. The molecule has 0 spiro atoms. The van der Waals surface area contributed by atoms with Crippen LogP contribution in [0.15, 0.2) is 24.5 Å². The number of anilines is 1. The Bertz CT molecular complexity index is 1100. The fourth-order valence-corrected chi connectivity index (χ4v) is 4.24. The Morgan fingerprint density at radius 1 is 1.42 bits per heavy atom. The van der Waals surface area contributed by atoms with Gasteiger partial charge in [-0.1, -0.05) is 25.4 Å². The minimum atomic E-state index is -0.913. The topological polar surface area (TPSA) is 86.3 Å². The average Bonchev–Trinajstić information content (AvgIpc) is 3.18. The first-order valence-corrected chi connectivity index (χ1v) is 10.7. The number of aliphatic hydroxyl groups is 1. The Kier molecular flexibility index (Phi) is 5.81. The van der Waals surface area contributed by atoms with E-state index in [1.807, 2.05) is 25.7 Å². The molecule has 0 aliphatic carbocycles. The molecule has 1 fully saturated rings. The van der Waals surface area contributed by atoms with E-state index in [1.165, 1.54) is 6.07 Å². The summed E-state index contributed by atoms with van der Waals surface area (Å²) in [6, 6.07) is 2.84. The molecular formula is C22H27ClFN5O2. The summed E-state index contributed by atoms with van der Waals surface area (Å²) in [5, 5.41) is 15.2. The monoisotopic (exact) mass is 447 g/mol. The summed E-state index contributed by atoms with van der Waals surface area (Å²) in [5.41, 5.74) is 0.394. The standard InChI is InChI=1S/C22H27ClFN5O2/c1-12(2)22(3,30)17-11-29(8-7-25-17)21-14(23)9-15(24)19(28-21)13-10-27-20-18(13)16(31-4)5-6-26-20/h5-6,9-10,12,17,25,30H,7-8,11H2,1-4H3,(H,26,27)/t17-,22+/m0/s1. The van der Waals surface area contributed by atoms with Gasteiger partial charge in [-0.15, -0.1) is 0 Å². The van der Waals surface area contributed by atoms with E-state index < -0.39 is 11.4 Å². The number of fused-ring (bicyclic) bond motifs is 1. The number of aromatic nitrogens is 3. The van der Waals surface area contributed by atoms with Gasteiger partial charge in [-0.2, -0.15) is 0 Å². The maximum Gasteiger partial charge on any atom is 0.151 e. The molecule has 166 valence electrons. The highest BCUT2D eigenvalue weighted by molar-refractivity contribution is 6.33. The SMILES string of the molecule is COc1ccnc2[nH]cc(-c3nc(N4CCN[C@H]([C@](C)(O)C(C)C)C4)c(Cl)cc3F)c12. The molecule has 1 aliphatic heterocycles. The second kappa shape index (κ2) is 8.26. The van der Waals surface area contributed by atoms with Gasteiger partial charge in [-0.25, -0.2) is 14.4 Å². The van der Waals surface area contributed by atoms with E-state index >= 15 is 4.39 Å². The van der Waals surface area contributed by atoms with E-state index in [0.29, 0.717) is 47.8 Å². The summed E-state index contributed by atoms with van der Waals surface area (Å²) in [6.07, 6.45) is 3.30. The van der Waals surface area contributed by atoms with Gasteiger partial charge in [0.05, 0.1) is 29.2 Å². The van der Waals surface area contributed by atoms with E-state index in [0.717, 1.165) is 0 Å². The third-order valence-electron chi connectivity index (χ3n) is 6.27. The third kappa shape index (κ3) is 3.84. The summed E-state index contributed by atoms with van der Waals surface area (Å²) >= 11 is 6.43. The number of halogens is 2. The van der Waals surface area contributed by atoms with Gasteiger partial charge in [0.1, 0.15) is 22.9 Å². The van der Waals surface area contributed by atoms with Crippen LogP contribution >= 0.6 is 11.6 Å². The van der Waals surface area contributed by atoms with Crippen molar-refractivity contribution in [2.45, 2.75) is 32.4 Å². The van der Waals surface area contributed by atoms with Crippen LogP contribution in [0.1, 0.15) is 20.8 Å². The Balaban J connectivity index is 1.76. The first kappa shape index (κ1) is 21.8. The highest BCUT2D eigenvalue weighted by atomic mass is 35.5. The van der Waals surface area contributed by atoms with Crippen molar-refractivity contribution >= 4 is 28.5 Å². The highest BCUT2D eigenvalue weighted by Crippen LogP contribution is 2.37. The first-order chi connectivity index (χ1) is 14.7.